The number of nitrogens with one attached hydrogen (secondary N) is 2. The number of benzene rings is 2. The van der Waals surface area contributed by atoms with Crippen molar-refractivity contribution in [2.24, 2.45) is 0 Å². The van der Waals surface area contributed by atoms with Crippen LogP contribution in [-0.2, 0) is 4.79 Å². The van der Waals surface area contributed by atoms with Gasteiger partial charge in [0, 0.05) is 24.0 Å². The Morgan fingerprint density at radius 1 is 1.21 bits per heavy atom. The molecule has 0 fully saturated rings. The van der Waals surface area contributed by atoms with Gasteiger partial charge in [-0.25, -0.2) is 0 Å². The molecule has 120 valence electrons. The first-order chi connectivity index (χ1) is 11.5. The minimum absolute atomic E-state index is 0.0673. The monoisotopic (exact) mass is 324 g/mol. The highest BCUT2D eigenvalue weighted by Crippen LogP contribution is 2.22. The van der Waals surface area contributed by atoms with E-state index in [0.29, 0.717) is 5.69 Å². The number of rotatable bonds is 5. The average Bonchev–Trinajstić information content (AvgIpc) is 2.58. The number of carbonyl (C=O) groups excluding carboxylic acids is 1. The normalized spacial score (nSPS) is 10.5. The van der Waals surface area contributed by atoms with Crippen LogP contribution in [0, 0.1) is 21.4 Å². The van der Waals surface area contributed by atoms with Crippen LogP contribution in [0.4, 0.5) is 17.1 Å². The zero-order valence-electron chi connectivity index (χ0n) is 12.3. The third-order valence-corrected chi connectivity index (χ3v) is 2.98. The molecule has 2 rings (SSSR count). The summed E-state index contributed by atoms with van der Waals surface area (Å²) in [6.45, 7) is 0. The molecule has 0 spiro atoms. The topological polar surface area (TPSA) is 128 Å². The highest BCUT2D eigenvalue weighted by Gasteiger charge is 2.11. The third-order valence-electron chi connectivity index (χ3n) is 2.98. The molecule has 8 nitrogen and oxygen atoms in total. The van der Waals surface area contributed by atoms with E-state index >= 15 is 0 Å². The van der Waals surface area contributed by atoms with Gasteiger partial charge in [-0.15, -0.1) is 0 Å². The molecule has 8 heteroatoms. The average molecular weight is 324 g/mol. The third kappa shape index (κ3) is 4.08. The second-order valence-electron chi connectivity index (χ2n) is 4.59. The van der Waals surface area contributed by atoms with E-state index < -0.39 is 10.8 Å². The van der Waals surface area contributed by atoms with Crippen LogP contribution in [-0.4, -0.2) is 15.9 Å². The number of hydrogen-bond donors (Lipinski definition) is 3. The fraction of sp³-hybridized carbons (Fsp3) is 0. The summed E-state index contributed by atoms with van der Waals surface area (Å²) in [5, 5.41) is 34.4. The second-order valence-corrected chi connectivity index (χ2v) is 4.59. The maximum absolute atomic E-state index is 12.0. The summed E-state index contributed by atoms with van der Waals surface area (Å²) in [4.78, 5) is 22.1. The molecule has 1 amide bonds. The Kier molecular flexibility index (Phi) is 5.10. The van der Waals surface area contributed by atoms with E-state index in [-0.39, 0.29) is 22.7 Å². The molecular formula is C16H12N4O4. The molecule has 0 unspecified atom stereocenters. The summed E-state index contributed by atoms with van der Waals surface area (Å²) in [7, 11) is 0. The molecule has 0 saturated carbocycles. The Hall–Kier alpha value is -3.86. The summed E-state index contributed by atoms with van der Waals surface area (Å²) in [6.07, 6.45) is 1.18. The first-order valence-electron chi connectivity index (χ1n) is 6.72. The van der Waals surface area contributed by atoms with E-state index in [4.69, 9.17) is 5.26 Å². The molecule has 2 aromatic carbocycles. The van der Waals surface area contributed by atoms with Crippen molar-refractivity contribution in [1.29, 1.82) is 5.26 Å². The predicted octanol–water partition coefficient (Wildman–Crippen LogP) is 2.76. The van der Waals surface area contributed by atoms with Crippen LogP contribution in [0.1, 0.15) is 0 Å². The van der Waals surface area contributed by atoms with Crippen molar-refractivity contribution < 1.29 is 14.8 Å². The number of phenols is 1. The van der Waals surface area contributed by atoms with Gasteiger partial charge in [-0.05, 0) is 24.3 Å². The van der Waals surface area contributed by atoms with Gasteiger partial charge in [-0.1, -0.05) is 12.1 Å². The zero-order valence-corrected chi connectivity index (χ0v) is 12.3. The number of anilines is 2. The number of non-ortho nitro benzene ring substituents is 1. The molecule has 0 saturated heterocycles. The maximum atomic E-state index is 12.0. The van der Waals surface area contributed by atoms with Gasteiger partial charge in [-0.3, -0.25) is 14.9 Å². The molecular weight excluding hydrogens is 312 g/mol. The fourth-order valence-corrected chi connectivity index (χ4v) is 1.75. The van der Waals surface area contributed by atoms with Gasteiger partial charge < -0.3 is 15.7 Å². The van der Waals surface area contributed by atoms with E-state index in [1.165, 1.54) is 42.6 Å². The quantitative estimate of drug-likeness (QED) is 0.255. The summed E-state index contributed by atoms with van der Waals surface area (Å²) in [5.41, 5.74) is 0.363. The molecule has 0 bridgehead atoms. The van der Waals surface area contributed by atoms with Crippen LogP contribution >= 0.6 is 0 Å². The number of nitro groups is 1. The summed E-state index contributed by atoms with van der Waals surface area (Å²) in [5.74, 6) is -0.820. The number of nitrogens with zero attached hydrogens (tertiary/aromatic N) is 2. The molecule has 2 aromatic rings. The lowest BCUT2D eigenvalue weighted by Crippen LogP contribution is -2.14. The molecule has 0 aliphatic rings. The van der Waals surface area contributed by atoms with Gasteiger partial charge in [0.2, 0.25) is 0 Å². The van der Waals surface area contributed by atoms with Crippen molar-refractivity contribution in [2.75, 3.05) is 10.6 Å². The van der Waals surface area contributed by atoms with Gasteiger partial charge in [0.1, 0.15) is 17.4 Å². The lowest BCUT2D eigenvalue weighted by Gasteiger charge is -2.06. The van der Waals surface area contributed by atoms with E-state index in [0.717, 1.165) is 0 Å². The Morgan fingerprint density at radius 2 is 1.88 bits per heavy atom. The van der Waals surface area contributed by atoms with Crippen molar-refractivity contribution in [3.63, 3.8) is 0 Å². The molecule has 3 N–H and O–H groups in total. The van der Waals surface area contributed by atoms with Crippen molar-refractivity contribution in [3.05, 3.63) is 70.4 Å². The number of carbonyl (C=O) groups is 1. The lowest BCUT2D eigenvalue weighted by atomic mass is 10.2. The van der Waals surface area contributed by atoms with Crippen LogP contribution in [0.25, 0.3) is 0 Å². The Labute approximate surface area is 136 Å². The number of phenolic OH excluding ortho intramolecular Hbond substituents is 1. The molecule has 0 heterocycles. The first-order valence-corrected chi connectivity index (χ1v) is 6.72. The number of nitriles is 1. The zero-order chi connectivity index (χ0) is 17.5. The largest absolute Gasteiger partial charge is 0.506 e. The van der Waals surface area contributed by atoms with E-state index in [1.54, 1.807) is 18.2 Å². The van der Waals surface area contributed by atoms with Gasteiger partial charge in [-0.2, -0.15) is 5.26 Å². The molecule has 0 radical (unpaired) electrons. The summed E-state index contributed by atoms with van der Waals surface area (Å²) in [6, 6.07) is 13.3. The van der Waals surface area contributed by atoms with Gasteiger partial charge in [0.25, 0.3) is 11.6 Å². The first kappa shape index (κ1) is 16.5. The number of nitro benzene ring substituents is 1. The minimum atomic E-state index is -0.701. The van der Waals surface area contributed by atoms with Crippen LogP contribution < -0.4 is 10.6 Å². The van der Waals surface area contributed by atoms with Gasteiger partial charge in [0.15, 0.2) is 0 Å². The Bertz CT molecular complexity index is 838. The van der Waals surface area contributed by atoms with E-state index in [9.17, 15) is 20.0 Å². The van der Waals surface area contributed by atoms with Crippen LogP contribution in [0.5, 0.6) is 5.75 Å². The SMILES string of the molecule is N#C/C(=C/Nc1ccc([N+](=O)[O-])cc1)C(=O)Nc1ccccc1O. The van der Waals surface area contributed by atoms with Crippen LogP contribution in [0.3, 0.4) is 0 Å². The van der Waals surface area contributed by atoms with Crippen molar-refractivity contribution >= 4 is 23.0 Å². The summed E-state index contributed by atoms with van der Waals surface area (Å²) >= 11 is 0. The fourth-order valence-electron chi connectivity index (χ4n) is 1.75. The summed E-state index contributed by atoms with van der Waals surface area (Å²) < 4.78 is 0. The Balaban J connectivity index is 2.08. The number of para-hydroxylation sites is 2. The standard InChI is InChI=1S/C16H12N4O4/c17-9-11(16(22)19-14-3-1-2-4-15(14)21)10-18-12-5-7-13(8-6-12)20(23)24/h1-8,10,18,21H,(H,19,22)/b11-10-. The van der Waals surface area contributed by atoms with E-state index in [2.05, 4.69) is 10.6 Å². The highest BCUT2D eigenvalue weighted by molar-refractivity contribution is 6.07. The van der Waals surface area contributed by atoms with Gasteiger partial charge >= 0.3 is 0 Å². The predicted molar refractivity (Wildman–Crippen MR) is 87.2 cm³/mol. The molecule has 0 atom stereocenters. The number of amides is 1. The molecule has 0 aliphatic heterocycles. The van der Waals surface area contributed by atoms with Crippen LogP contribution in [0.2, 0.25) is 0 Å². The number of aromatic hydroxyl groups is 1. The molecule has 24 heavy (non-hydrogen) atoms. The number of hydrogen-bond acceptors (Lipinski definition) is 6. The van der Waals surface area contributed by atoms with Gasteiger partial charge in [0.05, 0.1) is 10.6 Å². The molecule has 0 aromatic heterocycles. The van der Waals surface area contributed by atoms with E-state index in [1.807, 2.05) is 0 Å². The van der Waals surface area contributed by atoms with Crippen LogP contribution in [0.15, 0.2) is 60.3 Å². The molecule has 0 aliphatic carbocycles. The lowest BCUT2D eigenvalue weighted by molar-refractivity contribution is -0.384. The maximum Gasteiger partial charge on any atom is 0.269 e. The van der Waals surface area contributed by atoms with Crippen molar-refractivity contribution in [3.8, 4) is 11.8 Å². The minimum Gasteiger partial charge on any atom is -0.506 e. The highest BCUT2D eigenvalue weighted by atomic mass is 16.6. The van der Waals surface area contributed by atoms with Crippen molar-refractivity contribution in [2.45, 2.75) is 0 Å². The smallest absolute Gasteiger partial charge is 0.269 e. The second kappa shape index (κ2) is 7.42. The van der Waals surface area contributed by atoms with Crippen molar-refractivity contribution in [1.82, 2.24) is 0 Å². The Morgan fingerprint density at radius 3 is 2.46 bits per heavy atom.